The van der Waals surface area contributed by atoms with Crippen molar-refractivity contribution in [2.75, 3.05) is 23.4 Å². The number of benzene rings is 1. The number of hydrogen-bond donors (Lipinski definition) is 2. The van der Waals surface area contributed by atoms with Crippen molar-refractivity contribution in [3.05, 3.63) is 27.3 Å². The molecule has 1 aliphatic heterocycles. The zero-order valence-electron chi connectivity index (χ0n) is 10.9. The van der Waals surface area contributed by atoms with E-state index in [0.29, 0.717) is 12.2 Å². The summed E-state index contributed by atoms with van der Waals surface area (Å²) >= 11 is 3.87. The fourth-order valence-corrected chi connectivity index (χ4v) is 3.52. The molecule has 1 unspecified atom stereocenters. The largest absolute Gasteiger partial charge is 0.478 e. The topological polar surface area (TPSA) is 69.6 Å². The molecule has 1 aromatic carbocycles. The molecule has 0 radical (unpaired) electrons. The van der Waals surface area contributed by atoms with Crippen LogP contribution in [0.25, 0.3) is 0 Å². The van der Waals surface area contributed by atoms with Gasteiger partial charge < -0.3 is 15.3 Å². The highest BCUT2D eigenvalue weighted by Crippen LogP contribution is 2.21. The lowest BCUT2D eigenvalue weighted by molar-refractivity contribution is 0.0698. The third-order valence-electron chi connectivity index (χ3n) is 3.08. The molecule has 1 atom stereocenters. The Morgan fingerprint density at radius 2 is 2.25 bits per heavy atom. The first-order valence-electron chi connectivity index (χ1n) is 6.17. The van der Waals surface area contributed by atoms with Crippen LogP contribution in [0.5, 0.6) is 0 Å². The first-order valence-corrected chi connectivity index (χ1v) is 8.40. The van der Waals surface area contributed by atoms with Gasteiger partial charge in [-0.3, -0.25) is 0 Å². The van der Waals surface area contributed by atoms with E-state index < -0.39 is 5.97 Å². The first-order chi connectivity index (χ1) is 9.49. The molecule has 0 saturated carbocycles. The summed E-state index contributed by atoms with van der Waals surface area (Å²) in [5.74, 6) is 0.781. The number of urea groups is 1. The van der Waals surface area contributed by atoms with Crippen molar-refractivity contribution in [1.82, 2.24) is 4.90 Å². The second-order valence-electron chi connectivity index (χ2n) is 4.54. The van der Waals surface area contributed by atoms with Gasteiger partial charge >= 0.3 is 12.0 Å². The average molecular weight is 406 g/mol. The maximum Gasteiger partial charge on any atom is 0.337 e. The van der Waals surface area contributed by atoms with Crippen LogP contribution in [-0.4, -0.2) is 46.1 Å². The predicted molar refractivity (Wildman–Crippen MR) is 88.6 cm³/mol. The lowest BCUT2D eigenvalue weighted by Gasteiger charge is -2.33. The Kier molecular flexibility index (Phi) is 5.14. The molecule has 0 spiro atoms. The molecule has 5 nitrogen and oxygen atoms in total. The Balaban J connectivity index is 2.17. The number of carboxylic acid groups (broad SMARTS) is 1. The molecule has 7 heteroatoms. The van der Waals surface area contributed by atoms with Crippen molar-refractivity contribution in [2.24, 2.45) is 0 Å². The molecule has 0 aromatic heterocycles. The third kappa shape index (κ3) is 3.57. The number of halogens is 1. The number of anilines is 1. The van der Waals surface area contributed by atoms with E-state index in [1.165, 1.54) is 0 Å². The lowest BCUT2D eigenvalue weighted by atomic mass is 10.2. The highest BCUT2D eigenvalue weighted by Gasteiger charge is 2.24. The van der Waals surface area contributed by atoms with Crippen molar-refractivity contribution in [2.45, 2.75) is 13.0 Å². The van der Waals surface area contributed by atoms with E-state index in [1.807, 2.05) is 41.3 Å². The molecule has 1 aliphatic rings. The molecule has 20 heavy (non-hydrogen) atoms. The van der Waals surface area contributed by atoms with Crippen molar-refractivity contribution < 1.29 is 14.7 Å². The van der Waals surface area contributed by atoms with Crippen LogP contribution in [0.15, 0.2) is 18.2 Å². The molecule has 108 valence electrons. The Bertz CT molecular complexity index is 538. The molecule has 0 aliphatic carbocycles. The summed E-state index contributed by atoms with van der Waals surface area (Å²) < 4.78 is 0.820. The van der Waals surface area contributed by atoms with Crippen LogP contribution in [0, 0.1) is 3.57 Å². The van der Waals surface area contributed by atoms with Crippen LogP contribution in [0.3, 0.4) is 0 Å². The average Bonchev–Trinajstić information content (AvgIpc) is 2.41. The molecular weight excluding hydrogens is 391 g/mol. The molecule has 1 aromatic rings. The number of rotatable bonds is 2. The zero-order chi connectivity index (χ0) is 14.7. The molecule has 2 N–H and O–H groups in total. The van der Waals surface area contributed by atoms with E-state index in [-0.39, 0.29) is 17.6 Å². The van der Waals surface area contributed by atoms with E-state index >= 15 is 0 Å². The number of carboxylic acids is 1. The summed E-state index contributed by atoms with van der Waals surface area (Å²) in [6, 6.07) is 4.88. The van der Waals surface area contributed by atoms with Gasteiger partial charge in [-0.05, 0) is 47.7 Å². The summed E-state index contributed by atoms with van der Waals surface area (Å²) in [4.78, 5) is 25.2. The Labute approximate surface area is 135 Å². The van der Waals surface area contributed by atoms with Gasteiger partial charge in [0.05, 0.1) is 11.3 Å². The number of nitrogens with zero attached hydrogens (tertiary/aromatic N) is 1. The molecular formula is C13H15IN2O3S. The van der Waals surface area contributed by atoms with E-state index in [4.69, 9.17) is 0 Å². The normalized spacial score (nSPS) is 18.7. The number of carbonyl (C=O) groups excluding carboxylic acids is 1. The van der Waals surface area contributed by atoms with Gasteiger partial charge in [-0.1, -0.05) is 0 Å². The van der Waals surface area contributed by atoms with Gasteiger partial charge in [0.15, 0.2) is 0 Å². The predicted octanol–water partition coefficient (Wildman–Crippen LogP) is 2.96. The summed E-state index contributed by atoms with van der Waals surface area (Å²) in [5, 5.41) is 11.9. The van der Waals surface area contributed by atoms with Gasteiger partial charge in [-0.2, -0.15) is 11.8 Å². The molecule has 1 heterocycles. The van der Waals surface area contributed by atoms with Crippen molar-refractivity contribution in [3.8, 4) is 0 Å². The van der Waals surface area contributed by atoms with E-state index in [9.17, 15) is 14.7 Å². The standard InChI is InChI=1S/C13H15IN2O3S/c1-8-7-20-5-4-16(8)13(19)15-11-3-2-9(14)6-10(11)12(17)18/h2-3,6,8H,4-5,7H2,1H3,(H,15,19)(H,17,18). The second kappa shape index (κ2) is 6.66. The van der Waals surface area contributed by atoms with Gasteiger partial charge in [0.25, 0.3) is 0 Å². The van der Waals surface area contributed by atoms with Crippen LogP contribution in [0.1, 0.15) is 17.3 Å². The fourth-order valence-electron chi connectivity index (χ4n) is 2.02. The maximum atomic E-state index is 12.2. The molecule has 2 rings (SSSR count). The minimum absolute atomic E-state index is 0.115. The Morgan fingerprint density at radius 1 is 1.50 bits per heavy atom. The minimum Gasteiger partial charge on any atom is -0.478 e. The number of nitrogens with one attached hydrogen (secondary N) is 1. The van der Waals surface area contributed by atoms with Gasteiger partial charge in [0.2, 0.25) is 0 Å². The smallest absolute Gasteiger partial charge is 0.337 e. The monoisotopic (exact) mass is 406 g/mol. The van der Waals surface area contributed by atoms with E-state index in [2.05, 4.69) is 5.32 Å². The molecule has 1 fully saturated rings. The van der Waals surface area contributed by atoms with Crippen LogP contribution in [-0.2, 0) is 0 Å². The molecule has 1 saturated heterocycles. The van der Waals surface area contributed by atoms with Crippen molar-refractivity contribution in [1.29, 1.82) is 0 Å². The van der Waals surface area contributed by atoms with Crippen molar-refractivity contribution >= 4 is 52.0 Å². The third-order valence-corrected chi connectivity index (χ3v) is 4.94. The highest BCUT2D eigenvalue weighted by molar-refractivity contribution is 14.1. The number of aromatic carboxylic acids is 1. The summed E-state index contributed by atoms with van der Waals surface area (Å²) in [7, 11) is 0. The van der Waals surface area contributed by atoms with Gasteiger partial charge in [-0.25, -0.2) is 9.59 Å². The van der Waals surface area contributed by atoms with Crippen LogP contribution in [0.2, 0.25) is 0 Å². The number of carbonyl (C=O) groups is 2. The Hall–Kier alpha value is -0.960. The maximum absolute atomic E-state index is 12.2. The lowest BCUT2D eigenvalue weighted by Crippen LogP contribution is -2.46. The SMILES string of the molecule is CC1CSCCN1C(=O)Nc1ccc(I)cc1C(=O)O. The summed E-state index contributed by atoms with van der Waals surface area (Å²) in [6.07, 6.45) is 0. The quantitative estimate of drug-likeness (QED) is 0.742. The van der Waals surface area contributed by atoms with E-state index in [0.717, 1.165) is 15.1 Å². The van der Waals surface area contributed by atoms with Gasteiger partial charge in [0.1, 0.15) is 0 Å². The summed E-state index contributed by atoms with van der Waals surface area (Å²) in [6.45, 7) is 2.68. The number of amides is 2. The Morgan fingerprint density at radius 3 is 2.90 bits per heavy atom. The van der Waals surface area contributed by atoms with Crippen molar-refractivity contribution in [3.63, 3.8) is 0 Å². The van der Waals surface area contributed by atoms with Gasteiger partial charge in [-0.15, -0.1) is 0 Å². The molecule has 0 bridgehead atoms. The fraction of sp³-hybridized carbons (Fsp3) is 0.385. The number of hydrogen-bond acceptors (Lipinski definition) is 3. The zero-order valence-corrected chi connectivity index (χ0v) is 13.9. The van der Waals surface area contributed by atoms with E-state index in [1.54, 1.807) is 23.1 Å². The minimum atomic E-state index is -1.04. The van der Waals surface area contributed by atoms with Gasteiger partial charge in [0, 0.05) is 27.7 Å². The second-order valence-corrected chi connectivity index (χ2v) is 6.94. The van der Waals surface area contributed by atoms with Crippen LogP contribution < -0.4 is 5.32 Å². The highest BCUT2D eigenvalue weighted by atomic mass is 127. The van der Waals surface area contributed by atoms with Crippen LogP contribution >= 0.6 is 34.4 Å². The number of thioether (sulfide) groups is 1. The molecule has 2 amide bonds. The summed E-state index contributed by atoms with van der Waals surface area (Å²) in [5.41, 5.74) is 0.456. The first kappa shape index (κ1) is 15.4. The van der Waals surface area contributed by atoms with Crippen LogP contribution in [0.4, 0.5) is 10.5 Å².